The lowest BCUT2D eigenvalue weighted by molar-refractivity contribution is -0.348. The molecule has 0 radical (unpaired) electrons. The minimum Gasteiger partial charge on any atom is -0.496 e. The number of halogens is 8. The zero-order valence-corrected chi connectivity index (χ0v) is 12.8. The van der Waals surface area contributed by atoms with Gasteiger partial charge in [-0.25, -0.2) is 4.79 Å². The SMILES string of the molecule is COc1ccc(Cl)cc1/C(N)=N/OC(=O)C(F)(F)C(F)(F)C(F)(F)F. The number of nitrogens with zero attached hydrogens (tertiary/aromatic N) is 1. The number of carbonyl (C=O) groups excluding carboxylic acids is 1. The van der Waals surface area contributed by atoms with Crippen LogP contribution in [-0.2, 0) is 9.63 Å². The van der Waals surface area contributed by atoms with E-state index >= 15 is 0 Å². The molecule has 0 amide bonds. The predicted octanol–water partition coefficient (Wildman–Crippen LogP) is 3.35. The number of hydrogen-bond donors (Lipinski definition) is 1. The second-order valence-electron chi connectivity index (χ2n) is 4.35. The molecule has 13 heteroatoms. The van der Waals surface area contributed by atoms with Gasteiger partial charge in [-0.2, -0.15) is 30.7 Å². The third-order valence-corrected chi connectivity index (χ3v) is 2.91. The molecule has 0 saturated heterocycles. The smallest absolute Gasteiger partial charge is 0.460 e. The van der Waals surface area contributed by atoms with Gasteiger partial charge in [-0.15, -0.1) is 0 Å². The largest absolute Gasteiger partial charge is 0.496 e. The number of methoxy groups -OCH3 is 1. The van der Waals surface area contributed by atoms with Gasteiger partial charge in [-0.05, 0) is 18.2 Å². The predicted molar refractivity (Wildman–Crippen MR) is 70.8 cm³/mol. The van der Waals surface area contributed by atoms with Gasteiger partial charge in [-0.1, -0.05) is 16.8 Å². The third kappa shape index (κ3) is 4.06. The van der Waals surface area contributed by atoms with Crippen molar-refractivity contribution >= 4 is 23.4 Å². The van der Waals surface area contributed by atoms with Gasteiger partial charge in [0.05, 0.1) is 12.7 Å². The van der Waals surface area contributed by atoms with Gasteiger partial charge < -0.3 is 15.3 Å². The average Bonchev–Trinajstić information content (AvgIpc) is 2.50. The highest BCUT2D eigenvalue weighted by Gasteiger charge is 2.77. The number of hydrogen-bond acceptors (Lipinski definition) is 4. The summed E-state index contributed by atoms with van der Waals surface area (Å²) in [6, 6.07) is 3.69. The molecule has 1 aromatic rings. The van der Waals surface area contributed by atoms with Crippen LogP contribution in [0.2, 0.25) is 5.02 Å². The number of benzene rings is 1. The summed E-state index contributed by atoms with van der Waals surface area (Å²) in [6.07, 6.45) is -6.69. The highest BCUT2D eigenvalue weighted by atomic mass is 35.5. The molecule has 0 aliphatic rings. The first-order chi connectivity index (χ1) is 11.3. The molecular weight excluding hydrogens is 389 g/mol. The molecule has 0 heterocycles. The number of oxime groups is 1. The fourth-order valence-corrected chi connectivity index (χ4v) is 1.56. The van der Waals surface area contributed by atoms with Crippen LogP contribution in [0, 0.1) is 0 Å². The molecule has 0 fully saturated rings. The number of carbonyl (C=O) groups is 1. The zero-order chi connectivity index (χ0) is 19.6. The summed E-state index contributed by atoms with van der Waals surface area (Å²) in [5.41, 5.74) is 5.12. The van der Waals surface area contributed by atoms with Gasteiger partial charge in [0, 0.05) is 5.02 Å². The molecule has 1 aromatic carbocycles. The lowest BCUT2D eigenvalue weighted by atomic mass is 10.1. The van der Waals surface area contributed by atoms with Crippen LogP contribution in [0.15, 0.2) is 23.4 Å². The quantitative estimate of drug-likeness (QED) is 0.272. The monoisotopic (exact) mass is 396 g/mol. The van der Waals surface area contributed by atoms with Crippen LogP contribution < -0.4 is 10.5 Å². The molecular formula is C12H8ClF7N2O3. The van der Waals surface area contributed by atoms with Gasteiger partial charge in [0.15, 0.2) is 5.84 Å². The highest BCUT2D eigenvalue weighted by Crippen LogP contribution is 2.47. The van der Waals surface area contributed by atoms with E-state index in [2.05, 4.69) is 9.99 Å². The fraction of sp³-hybridized carbons (Fsp3) is 0.333. The Bertz CT molecular complexity index is 692. The number of nitrogens with two attached hydrogens (primary N) is 1. The van der Waals surface area contributed by atoms with Crippen molar-refractivity contribution in [1.29, 1.82) is 0 Å². The minimum absolute atomic E-state index is 0.0194. The normalized spacial score (nSPS) is 13.6. The van der Waals surface area contributed by atoms with E-state index in [1.54, 1.807) is 0 Å². The van der Waals surface area contributed by atoms with E-state index in [0.717, 1.165) is 6.07 Å². The fourth-order valence-electron chi connectivity index (χ4n) is 1.38. The topological polar surface area (TPSA) is 73.9 Å². The molecule has 0 aliphatic heterocycles. The Morgan fingerprint density at radius 1 is 1.16 bits per heavy atom. The van der Waals surface area contributed by atoms with Gasteiger partial charge in [0.2, 0.25) is 0 Å². The summed E-state index contributed by atoms with van der Waals surface area (Å²) >= 11 is 5.65. The van der Waals surface area contributed by atoms with Crippen LogP contribution in [0.25, 0.3) is 0 Å². The summed E-state index contributed by atoms with van der Waals surface area (Å²) in [7, 11) is 1.17. The molecule has 0 aliphatic carbocycles. The standard InChI is InChI=1S/C12H8ClF7N2O3/c1-24-7-3-2-5(13)4-6(7)8(21)22-25-9(23)10(14,15)11(16,17)12(18,19)20/h2-4H,1H3,(H2,21,22). The molecule has 0 atom stereocenters. The Balaban J connectivity index is 3.09. The maximum atomic E-state index is 13.1. The molecule has 25 heavy (non-hydrogen) atoms. The number of alkyl halides is 7. The van der Waals surface area contributed by atoms with Gasteiger partial charge >= 0.3 is 24.0 Å². The minimum atomic E-state index is -6.69. The second kappa shape index (κ2) is 6.94. The Morgan fingerprint density at radius 2 is 1.72 bits per heavy atom. The summed E-state index contributed by atoms with van der Waals surface area (Å²) in [5, 5.41) is 2.70. The molecule has 0 unspecified atom stereocenters. The van der Waals surface area contributed by atoms with Crippen LogP contribution >= 0.6 is 11.6 Å². The van der Waals surface area contributed by atoms with Crippen molar-refractivity contribution < 1.29 is 45.1 Å². The first kappa shape index (κ1) is 20.8. The van der Waals surface area contributed by atoms with E-state index < -0.39 is 29.8 Å². The van der Waals surface area contributed by atoms with Crippen molar-refractivity contribution in [2.24, 2.45) is 10.9 Å². The van der Waals surface area contributed by atoms with Crippen LogP contribution in [-0.4, -0.2) is 36.9 Å². The average molecular weight is 397 g/mol. The van der Waals surface area contributed by atoms with E-state index in [9.17, 15) is 35.5 Å². The van der Waals surface area contributed by atoms with Crippen molar-refractivity contribution in [1.82, 2.24) is 0 Å². The maximum Gasteiger partial charge on any atom is 0.460 e. The van der Waals surface area contributed by atoms with Crippen molar-refractivity contribution in [2.45, 2.75) is 18.0 Å². The Labute approximate surface area is 140 Å². The Hall–Kier alpha value is -2.24. The zero-order valence-electron chi connectivity index (χ0n) is 12.0. The molecule has 140 valence electrons. The van der Waals surface area contributed by atoms with E-state index in [0.29, 0.717) is 0 Å². The van der Waals surface area contributed by atoms with Crippen molar-refractivity contribution in [2.75, 3.05) is 7.11 Å². The lowest BCUT2D eigenvalue weighted by Gasteiger charge is -2.25. The summed E-state index contributed by atoms with van der Waals surface area (Å²) in [4.78, 5) is 14.4. The first-order valence-corrected chi connectivity index (χ1v) is 6.34. The number of ether oxygens (including phenoxy) is 1. The Morgan fingerprint density at radius 3 is 2.20 bits per heavy atom. The van der Waals surface area contributed by atoms with E-state index in [1.807, 2.05) is 0 Å². The molecule has 0 saturated carbocycles. The third-order valence-electron chi connectivity index (χ3n) is 2.67. The van der Waals surface area contributed by atoms with Crippen LogP contribution in [0.3, 0.4) is 0 Å². The molecule has 5 nitrogen and oxygen atoms in total. The van der Waals surface area contributed by atoms with Crippen molar-refractivity contribution in [3.63, 3.8) is 0 Å². The van der Waals surface area contributed by atoms with Crippen molar-refractivity contribution in [3.8, 4) is 5.75 Å². The number of amidine groups is 1. The van der Waals surface area contributed by atoms with Gasteiger partial charge in [-0.3, -0.25) is 0 Å². The Kier molecular flexibility index (Phi) is 5.78. The molecule has 0 bridgehead atoms. The number of rotatable bonds is 5. The molecule has 2 N–H and O–H groups in total. The van der Waals surface area contributed by atoms with Gasteiger partial charge in [0.25, 0.3) is 0 Å². The van der Waals surface area contributed by atoms with Crippen LogP contribution in [0.4, 0.5) is 30.7 Å². The summed E-state index contributed by atoms with van der Waals surface area (Å²) in [6.45, 7) is 0. The molecule has 1 rings (SSSR count). The highest BCUT2D eigenvalue weighted by molar-refractivity contribution is 6.31. The lowest BCUT2D eigenvalue weighted by Crippen LogP contribution is -2.56. The second-order valence-corrected chi connectivity index (χ2v) is 4.78. The summed E-state index contributed by atoms with van der Waals surface area (Å²) in [5.74, 6) is -17.0. The molecule has 0 spiro atoms. The van der Waals surface area contributed by atoms with Crippen LogP contribution in [0.5, 0.6) is 5.75 Å². The molecule has 0 aromatic heterocycles. The van der Waals surface area contributed by atoms with E-state index in [4.69, 9.17) is 22.1 Å². The van der Waals surface area contributed by atoms with Gasteiger partial charge in [0.1, 0.15) is 5.75 Å². The van der Waals surface area contributed by atoms with E-state index in [-0.39, 0.29) is 16.3 Å². The summed E-state index contributed by atoms with van der Waals surface area (Å²) < 4.78 is 92.2. The maximum absolute atomic E-state index is 13.1. The van der Waals surface area contributed by atoms with E-state index in [1.165, 1.54) is 19.2 Å². The van der Waals surface area contributed by atoms with Crippen LogP contribution in [0.1, 0.15) is 5.56 Å². The first-order valence-electron chi connectivity index (χ1n) is 5.97. The van der Waals surface area contributed by atoms with Crippen molar-refractivity contribution in [3.05, 3.63) is 28.8 Å².